The van der Waals surface area contributed by atoms with E-state index in [2.05, 4.69) is 10.6 Å². The maximum atomic E-state index is 12.1. The van der Waals surface area contributed by atoms with Crippen LogP contribution in [0.4, 0.5) is 5.69 Å². The zero-order valence-electron chi connectivity index (χ0n) is 15.9. The minimum absolute atomic E-state index is 0.228. The molecule has 0 fully saturated rings. The summed E-state index contributed by atoms with van der Waals surface area (Å²) in [4.78, 5) is 36.2. The van der Waals surface area contributed by atoms with Crippen molar-refractivity contribution in [2.45, 2.75) is 26.9 Å². The Kier molecular flexibility index (Phi) is 6.88. The molecule has 0 saturated heterocycles. The Balaban J connectivity index is 1.85. The highest BCUT2D eigenvalue weighted by Crippen LogP contribution is 2.19. The number of nitriles is 1. The van der Waals surface area contributed by atoms with Gasteiger partial charge in [-0.2, -0.15) is 5.26 Å². The van der Waals surface area contributed by atoms with Crippen LogP contribution in [0.1, 0.15) is 34.0 Å². The van der Waals surface area contributed by atoms with Gasteiger partial charge in [0.05, 0.1) is 23.7 Å². The second-order valence-corrected chi connectivity index (χ2v) is 6.27. The summed E-state index contributed by atoms with van der Waals surface area (Å²) in [5.74, 6) is -1.65. The normalized spacial score (nSPS) is 11.1. The second kappa shape index (κ2) is 9.33. The van der Waals surface area contributed by atoms with Gasteiger partial charge in [0.25, 0.3) is 5.91 Å². The van der Waals surface area contributed by atoms with Gasteiger partial charge in [-0.1, -0.05) is 18.2 Å². The number of anilines is 1. The van der Waals surface area contributed by atoms with Gasteiger partial charge in [0, 0.05) is 5.69 Å². The standard InChI is InChI=1S/C21H21N3O4/c1-13-5-4-6-14(2)19(13)24-18(25)12-23-20(26)15(3)28-21(27)17-9-7-16(11-22)8-10-17/h4-10,15H,12H2,1-3H3,(H,23,26)(H,24,25)/t15-/m0/s1. The lowest BCUT2D eigenvalue weighted by molar-refractivity contribution is -0.130. The minimum atomic E-state index is -1.07. The Morgan fingerprint density at radius 1 is 1.07 bits per heavy atom. The van der Waals surface area contributed by atoms with Gasteiger partial charge in [-0.05, 0) is 56.2 Å². The third-order valence-corrected chi connectivity index (χ3v) is 4.07. The lowest BCUT2D eigenvalue weighted by Gasteiger charge is -2.15. The molecule has 2 rings (SSSR count). The van der Waals surface area contributed by atoms with Crippen LogP contribution in [0, 0.1) is 25.2 Å². The molecule has 7 nitrogen and oxygen atoms in total. The van der Waals surface area contributed by atoms with Crippen molar-refractivity contribution in [3.8, 4) is 6.07 Å². The van der Waals surface area contributed by atoms with Crippen LogP contribution in [0.2, 0.25) is 0 Å². The van der Waals surface area contributed by atoms with E-state index in [1.165, 1.54) is 31.2 Å². The average Bonchev–Trinajstić information content (AvgIpc) is 2.69. The lowest BCUT2D eigenvalue weighted by atomic mass is 10.1. The number of aryl methyl sites for hydroxylation is 2. The van der Waals surface area contributed by atoms with Crippen molar-refractivity contribution in [2.75, 3.05) is 11.9 Å². The molecular weight excluding hydrogens is 358 g/mol. The summed E-state index contributed by atoms with van der Waals surface area (Å²) in [6.45, 7) is 4.93. The summed E-state index contributed by atoms with van der Waals surface area (Å²) < 4.78 is 5.09. The fourth-order valence-electron chi connectivity index (χ4n) is 2.47. The van der Waals surface area contributed by atoms with Gasteiger partial charge in [0.2, 0.25) is 5.91 Å². The monoisotopic (exact) mass is 379 g/mol. The van der Waals surface area contributed by atoms with E-state index in [0.717, 1.165) is 11.1 Å². The number of carbonyl (C=O) groups excluding carboxylic acids is 3. The fraction of sp³-hybridized carbons (Fsp3) is 0.238. The Hall–Kier alpha value is -3.66. The number of nitrogens with zero attached hydrogens (tertiary/aromatic N) is 1. The molecule has 0 unspecified atom stereocenters. The van der Waals surface area contributed by atoms with Crippen LogP contribution in [0.3, 0.4) is 0 Å². The van der Waals surface area contributed by atoms with Crippen LogP contribution < -0.4 is 10.6 Å². The van der Waals surface area contributed by atoms with Crippen molar-refractivity contribution in [2.24, 2.45) is 0 Å². The van der Waals surface area contributed by atoms with Crippen LogP contribution in [0.5, 0.6) is 0 Å². The van der Waals surface area contributed by atoms with Crippen molar-refractivity contribution in [1.29, 1.82) is 5.26 Å². The van der Waals surface area contributed by atoms with E-state index < -0.39 is 18.0 Å². The first kappa shape index (κ1) is 20.6. The number of benzene rings is 2. The molecule has 2 aromatic rings. The topological polar surface area (TPSA) is 108 Å². The van der Waals surface area contributed by atoms with E-state index in [1.807, 2.05) is 38.1 Å². The second-order valence-electron chi connectivity index (χ2n) is 6.27. The van der Waals surface area contributed by atoms with E-state index in [9.17, 15) is 14.4 Å². The lowest BCUT2D eigenvalue weighted by Crippen LogP contribution is -2.40. The van der Waals surface area contributed by atoms with Crippen molar-refractivity contribution < 1.29 is 19.1 Å². The van der Waals surface area contributed by atoms with Gasteiger partial charge in [-0.3, -0.25) is 9.59 Å². The van der Waals surface area contributed by atoms with Crippen molar-refractivity contribution in [3.05, 3.63) is 64.7 Å². The largest absolute Gasteiger partial charge is 0.449 e. The molecule has 0 aromatic heterocycles. The molecule has 1 atom stereocenters. The van der Waals surface area contributed by atoms with Crippen molar-refractivity contribution in [3.63, 3.8) is 0 Å². The van der Waals surface area contributed by atoms with Gasteiger partial charge in [-0.15, -0.1) is 0 Å². The minimum Gasteiger partial charge on any atom is -0.449 e. The van der Waals surface area contributed by atoms with Crippen LogP contribution in [0.15, 0.2) is 42.5 Å². The average molecular weight is 379 g/mol. The number of nitrogens with one attached hydrogen (secondary N) is 2. The molecular formula is C21H21N3O4. The zero-order chi connectivity index (χ0) is 20.7. The van der Waals surface area contributed by atoms with Gasteiger partial charge in [0.1, 0.15) is 0 Å². The maximum absolute atomic E-state index is 12.1. The van der Waals surface area contributed by atoms with E-state index in [4.69, 9.17) is 10.00 Å². The molecule has 0 aliphatic rings. The molecule has 2 aromatic carbocycles. The predicted octanol–water partition coefficient (Wildman–Crippen LogP) is 2.48. The Morgan fingerprint density at radius 2 is 1.68 bits per heavy atom. The molecule has 0 aliphatic heterocycles. The van der Waals surface area contributed by atoms with E-state index >= 15 is 0 Å². The highest BCUT2D eigenvalue weighted by Gasteiger charge is 2.19. The Labute approximate surface area is 163 Å². The Morgan fingerprint density at radius 3 is 2.25 bits per heavy atom. The van der Waals surface area contributed by atoms with Gasteiger partial charge in [-0.25, -0.2) is 4.79 Å². The van der Waals surface area contributed by atoms with Crippen LogP contribution >= 0.6 is 0 Å². The number of ether oxygens (including phenoxy) is 1. The van der Waals surface area contributed by atoms with Gasteiger partial charge < -0.3 is 15.4 Å². The molecule has 2 amide bonds. The first-order chi connectivity index (χ1) is 13.3. The predicted molar refractivity (Wildman–Crippen MR) is 104 cm³/mol. The molecule has 0 bridgehead atoms. The summed E-state index contributed by atoms with van der Waals surface area (Å²) in [5, 5.41) is 14.0. The molecule has 0 aliphatic carbocycles. The molecule has 7 heteroatoms. The first-order valence-corrected chi connectivity index (χ1v) is 8.66. The van der Waals surface area contributed by atoms with Gasteiger partial charge >= 0.3 is 5.97 Å². The number of para-hydroxylation sites is 1. The van der Waals surface area contributed by atoms with E-state index in [1.54, 1.807) is 0 Å². The maximum Gasteiger partial charge on any atom is 0.338 e. The number of amides is 2. The highest BCUT2D eigenvalue weighted by atomic mass is 16.5. The number of hydrogen-bond acceptors (Lipinski definition) is 5. The number of carbonyl (C=O) groups is 3. The quantitative estimate of drug-likeness (QED) is 0.750. The summed E-state index contributed by atoms with van der Waals surface area (Å²) in [5.41, 5.74) is 3.19. The molecule has 0 saturated carbocycles. The number of esters is 1. The zero-order valence-corrected chi connectivity index (χ0v) is 15.9. The molecule has 0 heterocycles. The van der Waals surface area contributed by atoms with E-state index in [0.29, 0.717) is 11.3 Å². The summed E-state index contributed by atoms with van der Waals surface area (Å²) >= 11 is 0. The number of rotatable bonds is 6. The number of hydrogen-bond donors (Lipinski definition) is 2. The summed E-state index contributed by atoms with van der Waals surface area (Å²) in [7, 11) is 0. The van der Waals surface area contributed by atoms with Crippen molar-refractivity contribution >= 4 is 23.5 Å². The smallest absolute Gasteiger partial charge is 0.338 e. The first-order valence-electron chi connectivity index (χ1n) is 8.66. The van der Waals surface area contributed by atoms with Crippen LogP contribution in [-0.4, -0.2) is 30.4 Å². The fourth-order valence-corrected chi connectivity index (χ4v) is 2.47. The van der Waals surface area contributed by atoms with Crippen molar-refractivity contribution in [1.82, 2.24) is 5.32 Å². The van der Waals surface area contributed by atoms with Crippen LogP contribution in [0.25, 0.3) is 0 Å². The third-order valence-electron chi connectivity index (χ3n) is 4.07. The summed E-state index contributed by atoms with van der Waals surface area (Å²) in [6, 6.07) is 13.5. The third kappa shape index (κ3) is 5.42. The SMILES string of the molecule is Cc1cccc(C)c1NC(=O)CNC(=O)[C@H](C)OC(=O)c1ccc(C#N)cc1. The Bertz CT molecular complexity index is 909. The van der Waals surface area contributed by atoms with Crippen LogP contribution in [-0.2, 0) is 14.3 Å². The highest BCUT2D eigenvalue weighted by molar-refractivity contribution is 5.97. The molecule has 0 spiro atoms. The summed E-state index contributed by atoms with van der Waals surface area (Å²) in [6.07, 6.45) is -1.07. The molecule has 144 valence electrons. The van der Waals surface area contributed by atoms with E-state index in [-0.39, 0.29) is 18.0 Å². The molecule has 2 N–H and O–H groups in total. The van der Waals surface area contributed by atoms with Gasteiger partial charge in [0.15, 0.2) is 6.10 Å². The molecule has 0 radical (unpaired) electrons. The molecule has 28 heavy (non-hydrogen) atoms.